The van der Waals surface area contributed by atoms with Gasteiger partial charge in [-0.3, -0.25) is 14.4 Å². The maximum Gasteiger partial charge on any atom is 0.253 e. The Labute approximate surface area is 99.3 Å². The highest BCUT2D eigenvalue weighted by Crippen LogP contribution is 2.23. The molecule has 1 fully saturated rings. The van der Waals surface area contributed by atoms with Crippen LogP contribution in [0.3, 0.4) is 0 Å². The van der Waals surface area contributed by atoms with Gasteiger partial charge >= 0.3 is 0 Å². The third-order valence-electron chi connectivity index (χ3n) is 2.58. The molecule has 2 unspecified atom stereocenters. The van der Waals surface area contributed by atoms with E-state index in [1.54, 1.807) is 6.92 Å². The summed E-state index contributed by atoms with van der Waals surface area (Å²) in [7, 11) is 0. The summed E-state index contributed by atoms with van der Waals surface area (Å²) in [6.45, 7) is 3.01. The van der Waals surface area contributed by atoms with E-state index in [-0.39, 0.29) is 11.8 Å². The number of hydroxylamine groups is 2. The number of rotatable bonds is 1. The van der Waals surface area contributed by atoms with Gasteiger partial charge in [0.2, 0.25) is 5.91 Å². The van der Waals surface area contributed by atoms with E-state index < -0.39 is 12.3 Å². The smallest absolute Gasteiger partial charge is 0.253 e. The lowest BCUT2D eigenvalue weighted by molar-refractivity contribution is -0.236. The summed E-state index contributed by atoms with van der Waals surface area (Å²) in [5, 5.41) is 3.95. The van der Waals surface area contributed by atoms with Crippen LogP contribution in [0.1, 0.15) is 25.6 Å². The summed E-state index contributed by atoms with van der Waals surface area (Å²) >= 11 is 0. The van der Waals surface area contributed by atoms with Gasteiger partial charge in [-0.15, -0.1) is 0 Å². The Kier molecular flexibility index (Phi) is 3.10. The van der Waals surface area contributed by atoms with Crippen molar-refractivity contribution in [3.05, 3.63) is 35.9 Å². The number of hydrogen-bond donors (Lipinski definition) is 1. The van der Waals surface area contributed by atoms with Gasteiger partial charge < -0.3 is 5.32 Å². The number of nitrogens with zero attached hydrogens (tertiary/aromatic N) is 1. The Bertz CT molecular complexity index is 433. The van der Waals surface area contributed by atoms with Crippen LogP contribution in [-0.2, 0) is 14.4 Å². The lowest BCUT2D eigenvalue weighted by Crippen LogP contribution is -2.54. The molecule has 0 radical (unpaired) electrons. The molecule has 0 spiro atoms. The van der Waals surface area contributed by atoms with Crippen molar-refractivity contribution in [2.24, 2.45) is 0 Å². The Morgan fingerprint density at radius 1 is 1.35 bits per heavy atom. The van der Waals surface area contributed by atoms with Crippen molar-refractivity contribution < 1.29 is 14.4 Å². The largest absolute Gasteiger partial charge is 0.328 e. The van der Waals surface area contributed by atoms with Gasteiger partial charge in [-0.2, -0.15) is 5.06 Å². The van der Waals surface area contributed by atoms with Crippen LogP contribution < -0.4 is 5.32 Å². The minimum Gasteiger partial charge on any atom is -0.328 e. The molecule has 1 aromatic rings. The Hall–Kier alpha value is -1.88. The molecule has 90 valence electrons. The topological polar surface area (TPSA) is 58.6 Å². The monoisotopic (exact) mass is 234 g/mol. The van der Waals surface area contributed by atoms with Crippen LogP contribution in [-0.4, -0.2) is 23.0 Å². The quantitative estimate of drug-likeness (QED) is 0.788. The summed E-state index contributed by atoms with van der Waals surface area (Å²) in [5.74, 6) is -0.470. The van der Waals surface area contributed by atoms with Gasteiger partial charge in [0.15, 0.2) is 12.3 Å². The Morgan fingerprint density at radius 2 is 2.00 bits per heavy atom. The second-order valence-corrected chi connectivity index (χ2v) is 3.91. The van der Waals surface area contributed by atoms with Crippen molar-refractivity contribution in [1.29, 1.82) is 0 Å². The number of carbonyl (C=O) groups excluding carboxylic acids is 2. The van der Waals surface area contributed by atoms with E-state index in [1.165, 1.54) is 12.0 Å². The lowest BCUT2D eigenvalue weighted by atomic mass is 10.1. The number of nitrogens with one attached hydrogen (secondary N) is 1. The fourth-order valence-electron chi connectivity index (χ4n) is 1.70. The molecule has 0 bridgehead atoms. The van der Waals surface area contributed by atoms with Crippen LogP contribution in [0, 0.1) is 0 Å². The minimum atomic E-state index is -0.654. The van der Waals surface area contributed by atoms with Gasteiger partial charge in [0.1, 0.15) is 0 Å². The van der Waals surface area contributed by atoms with Crippen LogP contribution >= 0.6 is 0 Å². The average Bonchev–Trinajstić information content (AvgIpc) is 2.33. The SMILES string of the molecule is CC(=O)N1OC(C)C(=O)NC1c1ccccc1. The molecule has 1 saturated heterocycles. The number of carbonyl (C=O) groups is 2. The molecule has 17 heavy (non-hydrogen) atoms. The molecule has 1 aliphatic rings. The zero-order valence-corrected chi connectivity index (χ0v) is 9.71. The van der Waals surface area contributed by atoms with Crippen molar-refractivity contribution in [3.8, 4) is 0 Å². The van der Waals surface area contributed by atoms with Gasteiger partial charge in [-0.05, 0) is 12.5 Å². The molecule has 1 N–H and O–H groups in total. The first kappa shape index (κ1) is 11.6. The molecule has 5 heteroatoms. The first-order valence-electron chi connectivity index (χ1n) is 5.41. The standard InChI is InChI=1S/C12H14N2O3/c1-8-12(16)13-11(14(17-8)9(2)15)10-6-4-3-5-7-10/h3-8,11H,1-2H3,(H,13,16). The third kappa shape index (κ3) is 2.29. The average molecular weight is 234 g/mol. The van der Waals surface area contributed by atoms with Gasteiger partial charge in [0.05, 0.1) is 0 Å². The van der Waals surface area contributed by atoms with E-state index in [1.807, 2.05) is 30.3 Å². The highest BCUT2D eigenvalue weighted by atomic mass is 16.7. The first-order chi connectivity index (χ1) is 8.09. The van der Waals surface area contributed by atoms with Crippen LogP contribution in [0.4, 0.5) is 0 Å². The van der Waals surface area contributed by atoms with Gasteiger partial charge in [0, 0.05) is 6.92 Å². The van der Waals surface area contributed by atoms with Crippen LogP contribution in [0.2, 0.25) is 0 Å². The molecule has 2 rings (SSSR count). The summed E-state index contributed by atoms with van der Waals surface area (Å²) in [6, 6.07) is 9.23. The molecular formula is C12H14N2O3. The number of benzene rings is 1. The van der Waals surface area contributed by atoms with E-state index in [0.29, 0.717) is 0 Å². The van der Waals surface area contributed by atoms with Crippen LogP contribution in [0.25, 0.3) is 0 Å². The predicted octanol–water partition coefficient (Wildman–Crippen LogP) is 0.984. The summed E-state index contributed by atoms with van der Waals surface area (Å²) in [4.78, 5) is 28.4. The van der Waals surface area contributed by atoms with Gasteiger partial charge in [-0.1, -0.05) is 30.3 Å². The molecule has 0 aliphatic carbocycles. The molecule has 2 atom stereocenters. The molecule has 5 nitrogen and oxygen atoms in total. The second-order valence-electron chi connectivity index (χ2n) is 3.91. The zero-order valence-electron chi connectivity index (χ0n) is 9.71. The van der Waals surface area contributed by atoms with Crippen molar-refractivity contribution in [2.45, 2.75) is 26.1 Å². The van der Waals surface area contributed by atoms with E-state index >= 15 is 0 Å². The van der Waals surface area contributed by atoms with Crippen molar-refractivity contribution in [1.82, 2.24) is 10.4 Å². The predicted molar refractivity (Wildman–Crippen MR) is 60.4 cm³/mol. The Balaban J connectivity index is 2.30. The Morgan fingerprint density at radius 3 is 2.59 bits per heavy atom. The number of hydrogen-bond acceptors (Lipinski definition) is 3. The normalized spacial score (nSPS) is 24.4. The minimum absolute atomic E-state index is 0.226. The third-order valence-corrected chi connectivity index (χ3v) is 2.58. The van der Waals surface area contributed by atoms with Crippen LogP contribution in [0.15, 0.2) is 30.3 Å². The van der Waals surface area contributed by atoms with E-state index in [4.69, 9.17) is 4.84 Å². The van der Waals surface area contributed by atoms with E-state index in [0.717, 1.165) is 5.56 Å². The summed E-state index contributed by atoms with van der Waals surface area (Å²) < 4.78 is 0. The first-order valence-corrected chi connectivity index (χ1v) is 5.41. The maximum absolute atomic E-state index is 11.6. The van der Waals surface area contributed by atoms with Crippen molar-refractivity contribution in [3.63, 3.8) is 0 Å². The van der Waals surface area contributed by atoms with Crippen molar-refractivity contribution >= 4 is 11.8 Å². The maximum atomic E-state index is 11.6. The van der Waals surface area contributed by atoms with Gasteiger partial charge in [-0.25, -0.2) is 0 Å². The molecule has 1 aromatic carbocycles. The van der Waals surface area contributed by atoms with Gasteiger partial charge in [0.25, 0.3) is 5.91 Å². The molecule has 0 saturated carbocycles. The number of amides is 2. The van der Waals surface area contributed by atoms with Crippen LogP contribution in [0.5, 0.6) is 0 Å². The molecule has 1 aliphatic heterocycles. The lowest BCUT2D eigenvalue weighted by Gasteiger charge is -2.37. The molecular weight excluding hydrogens is 220 g/mol. The van der Waals surface area contributed by atoms with E-state index in [2.05, 4.69) is 5.32 Å². The fraction of sp³-hybridized carbons (Fsp3) is 0.333. The molecule has 0 aromatic heterocycles. The van der Waals surface area contributed by atoms with E-state index in [9.17, 15) is 9.59 Å². The highest BCUT2D eigenvalue weighted by Gasteiger charge is 2.34. The zero-order chi connectivity index (χ0) is 12.4. The second kappa shape index (κ2) is 4.55. The molecule has 1 heterocycles. The highest BCUT2D eigenvalue weighted by molar-refractivity contribution is 5.83. The fourth-order valence-corrected chi connectivity index (χ4v) is 1.70. The molecule has 2 amide bonds. The summed E-state index contributed by atoms with van der Waals surface area (Å²) in [6.07, 6.45) is -1.21. The van der Waals surface area contributed by atoms with Crippen molar-refractivity contribution in [2.75, 3.05) is 0 Å². The summed E-state index contributed by atoms with van der Waals surface area (Å²) in [5.41, 5.74) is 0.808.